The Hall–Kier alpha value is -1.38. The van der Waals surface area contributed by atoms with E-state index in [1.807, 2.05) is 24.9 Å². The topological polar surface area (TPSA) is 53.9 Å². The zero-order valence-corrected chi connectivity index (χ0v) is 18.3. The number of ether oxygens (including phenoxy) is 1. The zero-order valence-electron chi connectivity index (χ0n) is 16.0. The van der Waals surface area contributed by atoms with Crippen LogP contribution in [0.4, 0.5) is 4.39 Å². The van der Waals surface area contributed by atoms with Crippen LogP contribution in [0.25, 0.3) is 0 Å². The first kappa shape index (κ1) is 24.6. The largest absolute Gasteiger partial charge is 0.466 e. The second-order valence-electron chi connectivity index (χ2n) is 5.93. The van der Waals surface area contributed by atoms with E-state index in [9.17, 15) is 9.18 Å². The number of nitrogens with one attached hydrogen (secondary N) is 1. The number of rotatable bonds is 10. The number of hydrogen-bond acceptors (Lipinski definition) is 3. The van der Waals surface area contributed by atoms with Crippen LogP contribution in [-0.2, 0) is 16.1 Å². The molecule has 0 unspecified atom stereocenters. The maximum Gasteiger partial charge on any atom is 0.305 e. The summed E-state index contributed by atoms with van der Waals surface area (Å²) in [6, 6.07) is 6.59. The summed E-state index contributed by atoms with van der Waals surface area (Å²) in [4.78, 5) is 17.5. The molecule has 0 aliphatic rings. The van der Waals surface area contributed by atoms with Crippen LogP contribution in [-0.4, -0.2) is 44.1 Å². The Morgan fingerprint density at radius 3 is 2.65 bits per heavy atom. The highest BCUT2D eigenvalue weighted by molar-refractivity contribution is 14.0. The van der Waals surface area contributed by atoms with E-state index < -0.39 is 0 Å². The molecule has 26 heavy (non-hydrogen) atoms. The van der Waals surface area contributed by atoms with Crippen molar-refractivity contribution in [3.63, 3.8) is 0 Å². The van der Waals surface area contributed by atoms with Crippen molar-refractivity contribution >= 4 is 35.9 Å². The van der Waals surface area contributed by atoms with E-state index in [0.29, 0.717) is 19.6 Å². The second-order valence-corrected chi connectivity index (χ2v) is 5.93. The van der Waals surface area contributed by atoms with Crippen LogP contribution in [0.3, 0.4) is 0 Å². The van der Waals surface area contributed by atoms with Crippen molar-refractivity contribution in [2.24, 2.45) is 4.99 Å². The number of aliphatic imine (C=N–C) groups is 1. The molecule has 1 rings (SSSR count). The monoisotopic (exact) mass is 479 g/mol. The summed E-state index contributed by atoms with van der Waals surface area (Å²) >= 11 is 0. The molecule has 0 aromatic heterocycles. The lowest BCUT2D eigenvalue weighted by molar-refractivity contribution is -0.143. The summed E-state index contributed by atoms with van der Waals surface area (Å²) in [7, 11) is 3.67. The third-order valence-corrected chi connectivity index (χ3v) is 3.78. The van der Waals surface area contributed by atoms with Gasteiger partial charge in [-0.3, -0.25) is 9.79 Å². The summed E-state index contributed by atoms with van der Waals surface area (Å²) < 4.78 is 18.2. The summed E-state index contributed by atoms with van der Waals surface area (Å²) in [5.74, 6) is 0.451. The minimum atomic E-state index is -0.225. The molecule has 5 nitrogen and oxygen atoms in total. The van der Waals surface area contributed by atoms with Gasteiger partial charge in [0.2, 0.25) is 0 Å². The molecule has 0 amide bonds. The lowest BCUT2D eigenvalue weighted by Gasteiger charge is -2.22. The van der Waals surface area contributed by atoms with Crippen molar-refractivity contribution in [3.05, 3.63) is 35.6 Å². The minimum Gasteiger partial charge on any atom is -0.466 e. The molecule has 1 aromatic rings. The normalized spacial score (nSPS) is 10.8. The highest BCUT2D eigenvalue weighted by atomic mass is 127. The van der Waals surface area contributed by atoms with Gasteiger partial charge in [0, 0.05) is 33.6 Å². The summed E-state index contributed by atoms with van der Waals surface area (Å²) in [5.41, 5.74) is 0.907. The van der Waals surface area contributed by atoms with E-state index in [1.54, 1.807) is 13.1 Å². The molecule has 0 atom stereocenters. The third kappa shape index (κ3) is 10.6. The molecule has 0 heterocycles. The SMILES string of the molecule is CCOC(=O)CCCCCCNC(=NC)N(C)Cc1cccc(F)c1.I. The number of benzene rings is 1. The first-order chi connectivity index (χ1) is 12.1. The Bertz CT molecular complexity index is 555. The number of esters is 1. The fraction of sp³-hybridized carbons (Fsp3) is 0.579. The van der Waals surface area contributed by atoms with Crippen molar-refractivity contribution in [3.8, 4) is 0 Å². The molecule has 1 N–H and O–H groups in total. The Morgan fingerprint density at radius 2 is 2.00 bits per heavy atom. The summed E-state index contributed by atoms with van der Waals surface area (Å²) in [6.07, 6.45) is 4.44. The number of carbonyl (C=O) groups excluding carboxylic acids is 1. The van der Waals surface area contributed by atoms with Crippen molar-refractivity contribution < 1.29 is 13.9 Å². The molecule has 0 fully saturated rings. The van der Waals surface area contributed by atoms with Crippen molar-refractivity contribution in [2.75, 3.05) is 27.2 Å². The molecule has 1 aromatic carbocycles. The number of unbranched alkanes of at least 4 members (excludes halogenated alkanes) is 3. The van der Waals surface area contributed by atoms with Crippen LogP contribution in [0.2, 0.25) is 0 Å². The molecule has 148 valence electrons. The Kier molecular flexibility index (Phi) is 14.0. The zero-order chi connectivity index (χ0) is 18.5. The molecule has 0 radical (unpaired) electrons. The van der Waals surface area contributed by atoms with Gasteiger partial charge in [0.25, 0.3) is 0 Å². The van der Waals surface area contributed by atoms with Gasteiger partial charge in [0.15, 0.2) is 5.96 Å². The average molecular weight is 479 g/mol. The van der Waals surface area contributed by atoms with Gasteiger partial charge in [0.05, 0.1) is 6.61 Å². The Balaban J connectivity index is 0.00000625. The van der Waals surface area contributed by atoms with Crippen LogP contribution < -0.4 is 5.32 Å². The van der Waals surface area contributed by atoms with Gasteiger partial charge in [-0.2, -0.15) is 0 Å². The maximum atomic E-state index is 13.3. The number of guanidine groups is 1. The van der Waals surface area contributed by atoms with Gasteiger partial charge in [-0.15, -0.1) is 24.0 Å². The molecule has 0 aliphatic carbocycles. The average Bonchev–Trinajstić information content (AvgIpc) is 2.57. The van der Waals surface area contributed by atoms with Gasteiger partial charge in [-0.05, 0) is 37.5 Å². The highest BCUT2D eigenvalue weighted by Crippen LogP contribution is 2.07. The molecule has 0 saturated carbocycles. The smallest absolute Gasteiger partial charge is 0.305 e. The first-order valence-corrected chi connectivity index (χ1v) is 8.88. The van der Waals surface area contributed by atoms with Gasteiger partial charge in [-0.1, -0.05) is 25.0 Å². The van der Waals surface area contributed by atoms with Crippen LogP contribution in [0, 0.1) is 5.82 Å². The summed E-state index contributed by atoms with van der Waals surface area (Å²) in [6.45, 7) is 3.68. The molecular formula is C19H31FIN3O2. The minimum absolute atomic E-state index is 0. The lowest BCUT2D eigenvalue weighted by Crippen LogP contribution is -2.38. The maximum absolute atomic E-state index is 13.3. The van der Waals surface area contributed by atoms with Crippen molar-refractivity contribution in [1.82, 2.24) is 10.2 Å². The number of hydrogen-bond donors (Lipinski definition) is 1. The lowest BCUT2D eigenvalue weighted by atomic mass is 10.1. The quantitative estimate of drug-likeness (QED) is 0.182. The van der Waals surface area contributed by atoms with Crippen LogP contribution >= 0.6 is 24.0 Å². The van der Waals surface area contributed by atoms with E-state index >= 15 is 0 Å². The van der Waals surface area contributed by atoms with Gasteiger partial charge < -0.3 is 15.0 Å². The molecule has 0 bridgehead atoms. The fourth-order valence-electron chi connectivity index (χ4n) is 2.55. The molecule has 7 heteroatoms. The Labute approximate surface area is 173 Å². The molecule has 0 saturated heterocycles. The number of carbonyl (C=O) groups is 1. The molecule has 0 aliphatic heterocycles. The number of halogens is 2. The third-order valence-electron chi connectivity index (χ3n) is 3.78. The van der Waals surface area contributed by atoms with Gasteiger partial charge in [-0.25, -0.2) is 4.39 Å². The van der Waals surface area contributed by atoms with Crippen molar-refractivity contribution in [2.45, 2.75) is 45.6 Å². The predicted octanol–water partition coefficient (Wildman–Crippen LogP) is 3.96. The van der Waals surface area contributed by atoms with E-state index in [0.717, 1.165) is 43.8 Å². The fourth-order valence-corrected chi connectivity index (χ4v) is 2.55. The standard InChI is InChI=1S/C19H30FN3O2.HI/c1-4-25-18(24)12-7-5-6-8-13-22-19(21-2)23(3)15-16-10-9-11-17(20)14-16;/h9-11,14H,4-8,12-13,15H2,1-3H3,(H,21,22);1H. The Morgan fingerprint density at radius 1 is 1.27 bits per heavy atom. The van der Waals surface area contributed by atoms with Crippen LogP contribution in [0.5, 0.6) is 0 Å². The van der Waals surface area contributed by atoms with E-state index in [2.05, 4.69) is 10.3 Å². The number of nitrogens with zero attached hydrogens (tertiary/aromatic N) is 2. The van der Waals surface area contributed by atoms with Crippen LogP contribution in [0.1, 0.15) is 44.6 Å². The predicted molar refractivity (Wildman–Crippen MR) is 114 cm³/mol. The summed E-state index contributed by atoms with van der Waals surface area (Å²) in [5, 5.41) is 3.31. The van der Waals surface area contributed by atoms with Crippen molar-refractivity contribution in [1.29, 1.82) is 0 Å². The van der Waals surface area contributed by atoms with E-state index in [4.69, 9.17) is 4.74 Å². The van der Waals surface area contributed by atoms with Crippen LogP contribution in [0.15, 0.2) is 29.3 Å². The highest BCUT2D eigenvalue weighted by Gasteiger charge is 2.07. The first-order valence-electron chi connectivity index (χ1n) is 8.88. The second kappa shape index (κ2) is 14.8. The molecule has 0 spiro atoms. The van der Waals surface area contributed by atoms with Gasteiger partial charge in [0.1, 0.15) is 5.82 Å². The van der Waals surface area contributed by atoms with Gasteiger partial charge >= 0.3 is 5.97 Å². The molecular weight excluding hydrogens is 448 g/mol. The van der Waals surface area contributed by atoms with E-state index in [-0.39, 0.29) is 35.8 Å². The van der Waals surface area contributed by atoms with E-state index in [1.165, 1.54) is 12.1 Å².